The van der Waals surface area contributed by atoms with Gasteiger partial charge in [-0.15, -0.1) is 5.10 Å². The Kier molecular flexibility index (Phi) is 4.87. The molecule has 4 aromatic rings. The summed E-state index contributed by atoms with van der Waals surface area (Å²) in [5, 5.41) is 15.7. The number of rotatable bonds is 5. The van der Waals surface area contributed by atoms with Crippen molar-refractivity contribution in [2.45, 2.75) is 19.0 Å². The lowest BCUT2D eigenvalue weighted by Gasteiger charge is -2.03. The van der Waals surface area contributed by atoms with Gasteiger partial charge in [-0.05, 0) is 53.6 Å². The number of benzene rings is 2. The number of para-hydroxylation sites is 1. The molecule has 0 atom stereocenters. The van der Waals surface area contributed by atoms with Crippen LogP contribution in [0.3, 0.4) is 0 Å². The molecule has 4 rings (SSSR count). The first-order valence-corrected chi connectivity index (χ1v) is 10.0. The largest absolute Gasteiger partial charge is 0.301 e. The summed E-state index contributed by atoms with van der Waals surface area (Å²) >= 11 is 2.76. The highest BCUT2D eigenvalue weighted by Crippen LogP contribution is 2.29. The van der Waals surface area contributed by atoms with Gasteiger partial charge in [-0.1, -0.05) is 47.4 Å². The molecule has 7 nitrogen and oxygen atoms in total. The highest BCUT2D eigenvalue weighted by Gasteiger charge is 2.13. The molecule has 0 bridgehead atoms. The lowest BCUT2D eigenvalue weighted by atomic mass is 10.1. The van der Waals surface area contributed by atoms with E-state index in [9.17, 15) is 4.79 Å². The summed E-state index contributed by atoms with van der Waals surface area (Å²) in [6, 6.07) is 13.7. The second-order valence-electron chi connectivity index (χ2n) is 5.99. The second-order valence-corrected chi connectivity index (χ2v) is 7.97. The van der Waals surface area contributed by atoms with E-state index in [4.69, 9.17) is 0 Å². The maximum atomic E-state index is 12.3. The van der Waals surface area contributed by atoms with Crippen LogP contribution >= 0.6 is 23.1 Å². The van der Waals surface area contributed by atoms with Crippen LogP contribution in [0, 0.1) is 13.8 Å². The van der Waals surface area contributed by atoms with Gasteiger partial charge in [0.05, 0.1) is 21.7 Å². The van der Waals surface area contributed by atoms with Crippen molar-refractivity contribution in [2.24, 2.45) is 0 Å². The van der Waals surface area contributed by atoms with Crippen LogP contribution in [0.25, 0.3) is 15.9 Å². The number of thiazole rings is 1. The summed E-state index contributed by atoms with van der Waals surface area (Å²) in [6.07, 6.45) is 0. The molecule has 27 heavy (non-hydrogen) atoms. The number of tetrazole rings is 1. The second kappa shape index (κ2) is 7.45. The smallest absolute Gasteiger partial charge is 0.236 e. The summed E-state index contributed by atoms with van der Waals surface area (Å²) in [6.45, 7) is 4.08. The third-order valence-corrected chi connectivity index (χ3v) is 5.69. The standard InChI is InChI=1S/C18H16N6OS2/c1-11-8-12(2)16-14(9-11)27-17(20-16)19-15(25)10-26-18-21-22-23-24(18)13-6-4-3-5-7-13/h3-9H,10H2,1-2H3,(H,19,20,25). The zero-order chi connectivity index (χ0) is 18.8. The van der Waals surface area contributed by atoms with Gasteiger partial charge < -0.3 is 5.32 Å². The summed E-state index contributed by atoms with van der Waals surface area (Å²) in [7, 11) is 0. The normalized spacial score (nSPS) is 11.0. The lowest BCUT2D eigenvalue weighted by Crippen LogP contribution is -2.14. The van der Waals surface area contributed by atoms with Gasteiger partial charge in [0.1, 0.15) is 0 Å². The maximum absolute atomic E-state index is 12.3. The van der Waals surface area contributed by atoms with E-state index in [2.05, 4.69) is 44.9 Å². The third-order valence-electron chi connectivity index (χ3n) is 3.85. The average molecular weight is 397 g/mol. The monoisotopic (exact) mass is 396 g/mol. The van der Waals surface area contributed by atoms with Gasteiger partial charge >= 0.3 is 0 Å². The fraction of sp³-hybridized carbons (Fsp3) is 0.167. The summed E-state index contributed by atoms with van der Waals surface area (Å²) in [5.74, 6) is 0.0530. The number of thioether (sulfide) groups is 1. The molecule has 136 valence electrons. The molecule has 0 unspecified atom stereocenters. The van der Waals surface area contributed by atoms with Crippen molar-refractivity contribution in [2.75, 3.05) is 11.1 Å². The minimum absolute atomic E-state index is 0.143. The van der Waals surface area contributed by atoms with Gasteiger partial charge in [-0.2, -0.15) is 4.68 Å². The number of nitrogens with one attached hydrogen (secondary N) is 1. The van der Waals surface area contributed by atoms with Crippen molar-refractivity contribution < 1.29 is 4.79 Å². The van der Waals surface area contributed by atoms with E-state index in [1.165, 1.54) is 28.7 Å². The fourth-order valence-electron chi connectivity index (χ4n) is 2.71. The molecule has 0 saturated carbocycles. The Morgan fingerprint density at radius 2 is 2.04 bits per heavy atom. The molecule has 0 aliphatic carbocycles. The average Bonchev–Trinajstić information content (AvgIpc) is 3.27. The van der Waals surface area contributed by atoms with Gasteiger partial charge in [0.25, 0.3) is 0 Å². The quantitative estimate of drug-likeness (QED) is 0.519. The number of fused-ring (bicyclic) bond motifs is 1. The Morgan fingerprint density at radius 3 is 2.85 bits per heavy atom. The summed E-state index contributed by atoms with van der Waals surface area (Å²) in [4.78, 5) is 16.9. The summed E-state index contributed by atoms with van der Waals surface area (Å²) in [5.41, 5.74) is 4.08. The van der Waals surface area contributed by atoms with Crippen molar-refractivity contribution in [3.05, 3.63) is 53.6 Å². The van der Waals surface area contributed by atoms with Crippen molar-refractivity contribution >= 4 is 44.4 Å². The van der Waals surface area contributed by atoms with Crippen molar-refractivity contribution in [3.8, 4) is 5.69 Å². The molecule has 2 aromatic heterocycles. The molecule has 1 amide bonds. The van der Waals surface area contributed by atoms with Crippen LogP contribution in [0.1, 0.15) is 11.1 Å². The first-order valence-electron chi connectivity index (χ1n) is 8.24. The van der Waals surface area contributed by atoms with Crippen LogP contribution in [0.4, 0.5) is 5.13 Å². The number of carbonyl (C=O) groups is 1. The number of nitrogens with zero attached hydrogens (tertiary/aromatic N) is 5. The van der Waals surface area contributed by atoms with Crippen LogP contribution < -0.4 is 5.32 Å². The third kappa shape index (κ3) is 3.83. The molecule has 1 N–H and O–H groups in total. The molecule has 2 heterocycles. The SMILES string of the molecule is Cc1cc(C)c2nc(NC(=O)CSc3nnnn3-c3ccccc3)sc2c1. The number of hydrogen-bond acceptors (Lipinski definition) is 7. The molecular weight excluding hydrogens is 380 g/mol. The Morgan fingerprint density at radius 1 is 1.22 bits per heavy atom. The molecule has 2 aromatic carbocycles. The Labute approximate surface area is 163 Å². The van der Waals surface area contributed by atoms with Crippen molar-refractivity contribution in [1.29, 1.82) is 0 Å². The first-order chi connectivity index (χ1) is 13.1. The van der Waals surface area contributed by atoms with Crippen molar-refractivity contribution in [3.63, 3.8) is 0 Å². The highest BCUT2D eigenvalue weighted by molar-refractivity contribution is 7.99. The first kappa shape index (κ1) is 17.6. The van der Waals surface area contributed by atoms with Crippen LogP contribution in [-0.2, 0) is 4.79 Å². The number of anilines is 1. The Hall–Kier alpha value is -2.78. The number of carbonyl (C=O) groups excluding carboxylic acids is 1. The van der Waals surface area contributed by atoms with Gasteiger partial charge in [0.2, 0.25) is 11.1 Å². The fourth-order valence-corrected chi connectivity index (χ4v) is 4.46. The molecule has 0 aliphatic rings. The molecular formula is C18H16N6OS2. The molecule has 0 aliphatic heterocycles. The predicted molar refractivity (Wildman–Crippen MR) is 108 cm³/mol. The Balaban J connectivity index is 1.44. The minimum atomic E-state index is -0.143. The van der Waals surface area contributed by atoms with Gasteiger partial charge in [-0.25, -0.2) is 4.98 Å². The van der Waals surface area contributed by atoms with Gasteiger partial charge in [-0.3, -0.25) is 4.79 Å². The zero-order valence-electron chi connectivity index (χ0n) is 14.7. The topological polar surface area (TPSA) is 85.6 Å². The van der Waals surface area contributed by atoms with E-state index >= 15 is 0 Å². The van der Waals surface area contributed by atoms with Crippen LogP contribution in [0.15, 0.2) is 47.6 Å². The van der Waals surface area contributed by atoms with Gasteiger partial charge in [0.15, 0.2) is 5.13 Å². The van der Waals surface area contributed by atoms with Gasteiger partial charge in [0, 0.05) is 0 Å². The van der Waals surface area contributed by atoms with E-state index in [0.29, 0.717) is 10.3 Å². The molecule has 0 saturated heterocycles. The lowest BCUT2D eigenvalue weighted by molar-refractivity contribution is -0.113. The molecule has 9 heteroatoms. The minimum Gasteiger partial charge on any atom is -0.301 e. The molecule has 0 spiro atoms. The van der Waals surface area contributed by atoms with E-state index in [-0.39, 0.29) is 11.7 Å². The number of aromatic nitrogens is 5. The zero-order valence-corrected chi connectivity index (χ0v) is 16.3. The Bertz CT molecular complexity index is 1110. The van der Waals surface area contributed by atoms with E-state index in [1.807, 2.05) is 37.3 Å². The van der Waals surface area contributed by atoms with E-state index in [0.717, 1.165) is 21.5 Å². The number of hydrogen-bond donors (Lipinski definition) is 1. The van der Waals surface area contributed by atoms with Crippen LogP contribution in [0.2, 0.25) is 0 Å². The van der Waals surface area contributed by atoms with E-state index < -0.39 is 0 Å². The number of aryl methyl sites for hydroxylation is 2. The predicted octanol–water partition coefficient (Wildman–Crippen LogP) is 3.62. The molecule has 0 fully saturated rings. The summed E-state index contributed by atoms with van der Waals surface area (Å²) < 4.78 is 2.69. The highest BCUT2D eigenvalue weighted by atomic mass is 32.2. The molecule has 0 radical (unpaired) electrons. The van der Waals surface area contributed by atoms with E-state index in [1.54, 1.807) is 4.68 Å². The van der Waals surface area contributed by atoms with Crippen LogP contribution in [0.5, 0.6) is 0 Å². The van der Waals surface area contributed by atoms with Crippen LogP contribution in [-0.4, -0.2) is 36.9 Å². The maximum Gasteiger partial charge on any atom is 0.236 e. The van der Waals surface area contributed by atoms with Crippen molar-refractivity contribution in [1.82, 2.24) is 25.2 Å². The number of amides is 1.